The summed E-state index contributed by atoms with van der Waals surface area (Å²) >= 11 is 2.01. The lowest BCUT2D eigenvalue weighted by Crippen LogP contribution is -2.45. The molecule has 0 spiro atoms. The number of aromatic nitrogens is 2. The Labute approximate surface area is 262 Å². The molecule has 0 aliphatic carbocycles. The predicted molar refractivity (Wildman–Crippen MR) is 173 cm³/mol. The fraction of sp³-hybridized carbons (Fsp3) is 0.655. The van der Waals surface area contributed by atoms with Crippen LogP contribution in [-0.4, -0.2) is 42.1 Å². The fourth-order valence-electron chi connectivity index (χ4n) is 4.81. The van der Waals surface area contributed by atoms with Crippen LogP contribution in [0.2, 0.25) is 18.1 Å². The Hall–Kier alpha value is -2.07. The van der Waals surface area contributed by atoms with E-state index in [1.165, 1.54) is 17.7 Å². The van der Waals surface area contributed by atoms with Crippen LogP contribution in [0.3, 0.4) is 0 Å². The van der Waals surface area contributed by atoms with Gasteiger partial charge in [-0.15, -0.1) is 0 Å². The number of nitrogens with zero attached hydrogens (tertiary/aromatic N) is 3. The lowest BCUT2D eigenvalue weighted by Gasteiger charge is -2.39. The molecular weight excluding hydrogens is 671 g/mol. The summed E-state index contributed by atoms with van der Waals surface area (Å²) in [6.07, 6.45) is 1.31. The molecule has 0 bridgehead atoms. The molecule has 1 aliphatic rings. The van der Waals surface area contributed by atoms with Crippen LogP contribution in [-0.2, 0) is 20.5 Å². The van der Waals surface area contributed by atoms with E-state index in [-0.39, 0.29) is 35.4 Å². The lowest BCUT2D eigenvalue weighted by atomic mass is 9.83. The van der Waals surface area contributed by atoms with Gasteiger partial charge in [-0.25, -0.2) is 4.79 Å². The Bertz CT molecular complexity index is 1350. The first-order chi connectivity index (χ1) is 19.3. The number of rotatable bonds is 10. The van der Waals surface area contributed by atoms with Crippen molar-refractivity contribution in [2.45, 2.75) is 111 Å². The maximum absolute atomic E-state index is 13.0. The van der Waals surface area contributed by atoms with Crippen LogP contribution >= 0.6 is 22.6 Å². The number of nitro benzene ring substituents is 1. The predicted octanol–water partition coefficient (Wildman–Crippen LogP) is 6.74. The molecule has 1 aromatic carbocycles. The van der Waals surface area contributed by atoms with Crippen LogP contribution in [0.5, 0.6) is 5.75 Å². The highest BCUT2D eigenvalue weighted by atomic mass is 127. The number of ether oxygens (including phenoxy) is 3. The minimum absolute atomic E-state index is 0.0275. The monoisotopic (exact) mass is 716 g/mol. The molecule has 13 heteroatoms. The van der Waals surface area contributed by atoms with Gasteiger partial charge in [-0.2, -0.15) is 4.98 Å². The maximum atomic E-state index is 13.0. The van der Waals surface area contributed by atoms with Crippen LogP contribution in [0, 0.1) is 19.1 Å². The van der Waals surface area contributed by atoms with E-state index in [4.69, 9.17) is 24.4 Å². The molecule has 2 heterocycles. The van der Waals surface area contributed by atoms with Crippen molar-refractivity contribution in [3.63, 3.8) is 0 Å². The van der Waals surface area contributed by atoms with Gasteiger partial charge in [0.25, 0.3) is 5.69 Å². The zero-order valence-corrected chi connectivity index (χ0v) is 29.5. The van der Waals surface area contributed by atoms with E-state index >= 15 is 0 Å². The van der Waals surface area contributed by atoms with E-state index in [0.717, 1.165) is 6.42 Å². The van der Waals surface area contributed by atoms with Crippen LogP contribution in [0.1, 0.15) is 84.8 Å². The summed E-state index contributed by atoms with van der Waals surface area (Å²) < 4.78 is 26.9. The van der Waals surface area contributed by atoms with Gasteiger partial charge in [0.05, 0.1) is 46.1 Å². The van der Waals surface area contributed by atoms with E-state index in [0.29, 0.717) is 26.9 Å². The van der Waals surface area contributed by atoms with Gasteiger partial charge >= 0.3 is 5.69 Å². The third-order valence-electron chi connectivity index (χ3n) is 8.18. The van der Waals surface area contributed by atoms with Gasteiger partial charge in [0.1, 0.15) is 17.8 Å². The number of hydrogen-bond acceptors (Lipinski definition) is 9. The molecule has 234 valence electrons. The van der Waals surface area contributed by atoms with Crippen molar-refractivity contribution >= 4 is 42.4 Å². The van der Waals surface area contributed by atoms with E-state index < -0.39 is 36.7 Å². The third kappa shape index (κ3) is 7.52. The molecular formula is C29H45IN4O7Si. The van der Waals surface area contributed by atoms with E-state index in [9.17, 15) is 14.9 Å². The van der Waals surface area contributed by atoms with Crippen molar-refractivity contribution in [2.75, 3.05) is 12.8 Å². The number of benzene rings is 1. The molecule has 11 nitrogen and oxygen atoms in total. The average Bonchev–Trinajstić information content (AvgIpc) is 3.25. The first-order valence-electron chi connectivity index (χ1n) is 14.1. The minimum Gasteiger partial charge on any atom is -0.496 e. The summed E-state index contributed by atoms with van der Waals surface area (Å²) in [6.45, 7) is 18.8. The van der Waals surface area contributed by atoms with Crippen LogP contribution in [0.25, 0.3) is 0 Å². The van der Waals surface area contributed by atoms with Crippen molar-refractivity contribution in [1.29, 1.82) is 0 Å². The van der Waals surface area contributed by atoms with Crippen molar-refractivity contribution < 1.29 is 23.6 Å². The average molecular weight is 717 g/mol. The molecule has 1 fully saturated rings. The standard InChI is InChI=1S/C29H45IN4O7Si/c1-11-21-23(41-42(9,10)29(5,6)7)14-24(40-21)33-15-17(26(31)32-27(33)35)16-39-25(28(2,3)4)18-12-22(38-8)19(30)13-20(18)34(36)37/h12-13,15,21,23-25H,11,14,16H2,1-10H3,(H2,31,32,35)/t21-,23?,24-,25-/m1/s1. The van der Waals surface area contributed by atoms with E-state index in [2.05, 4.69) is 38.8 Å². The van der Waals surface area contributed by atoms with Gasteiger partial charge in [0, 0.05) is 24.2 Å². The summed E-state index contributed by atoms with van der Waals surface area (Å²) in [7, 11) is -0.552. The second-order valence-electron chi connectivity index (χ2n) is 13.4. The van der Waals surface area contributed by atoms with Crippen LogP contribution in [0.15, 0.2) is 23.1 Å². The second kappa shape index (κ2) is 12.9. The van der Waals surface area contributed by atoms with E-state index in [1.54, 1.807) is 12.3 Å². The number of nitrogen functional groups attached to an aromatic ring is 1. The van der Waals surface area contributed by atoms with Crippen molar-refractivity contribution in [3.8, 4) is 5.75 Å². The Morgan fingerprint density at radius 3 is 2.43 bits per heavy atom. The van der Waals surface area contributed by atoms with Crippen LogP contribution in [0.4, 0.5) is 11.5 Å². The quantitative estimate of drug-likeness (QED) is 0.123. The first-order valence-corrected chi connectivity index (χ1v) is 18.1. The summed E-state index contributed by atoms with van der Waals surface area (Å²) in [5, 5.41) is 12.0. The van der Waals surface area contributed by atoms with Crippen LogP contribution < -0.4 is 16.2 Å². The van der Waals surface area contributed by atoms with Crippen molar-refractivity contribution in [3.05, 3.63) is 53.6 Å². The number of hydrogen-bond donors (Lipinski definition) is 1. The summed E-state index contributed by atoms with van der Waals surface area (Å²) in [5.41, 5.74) is 5.94. The SMILES string of the molecule is CC[C@H]1O[C@@H](n2cc(CO[C@H](c3cc(OC)c(I)cc3[N+](=O)[O-])C(C)(C)C)c(N)nc2=O)CC1O[Si](C)(C)C(C)(C)C. The number of anilines is 1. The zero-order chi connectivity index (χ0) is 31.8. The Balaban J connectivity index is 1.93. The number of methoxy groups -OCH3 is 1. The molecule has 1 saturated heterocycles. The molecule has 3 rings (SSSR count). The number of halogens is 1. The largest absolute Gasteiger partial charge is 0.496 e. The van der Waals surface area contributed by atoms with Crippen molar-refractivity contribution in [1.82, 2.24) is 9.55 Å². The summed E-state index contributed by atoms with van der Waals surface area (Å²) in [4.78, 5) is 28.6. The van der Waals surface area contributed by atoms with Crippen molar-refractivity contribution in [2.24, 2.45) is 5.41 Å². The molecule has 1 aromatic heterocycles. The second-order valence-corrected chi connectivity index (χ2v) is 19.3. The van der Waals surface area contributed by atoms with Gasteiger partial charge in [-0.3, -0.25) is 14.7 Å². The van der Waals surface area contributed by atoms with Gasteiger partial charge in [0.2, 0.25) is 0 Å². The van der Waals surface area contributed by atoms with E-state index in [1.807, 2.05) is 50.3 Å². The summed E-state index contributed by atoms with van der Waals surface area (Å²) in [6, 6.07) is 3.13. The number of nitro groups is 1. The molecule has 2 aromatic rings. The Morgan fingerprint density at radius 2 is 1.90 bits per heavy atom. The number of nitrogens with two attached hydrogens (primary N) is 1. The smallest absolute Gasteiger partial charge is 0.351 e. The molecule has 42 heavy (non-hydrogen) atoms. The lowest BCUT2D eigenvalue weighted by molar-refractivity contribution is -0.386. The Kier molecular flexibility index (Phi) is 10.6. The Morgan fingerprint density at radius 1 is 1.26 bits per heavy atom. The molecule has 1 aliphatic heterocycles. The molecule has 2 N–H and O–H groups in total. The zero-order valence-electron chi connectivity index (χ0n) is 26.3. The highest BCUT2D eigenvalue weighted by molar-refractivity contribution is 14.1. The maximum Gasteiger partial charge on any atom is 0.351 e. The van der Waals surface area contributed by atoms with Gasteiger partial charge in [0.15, 0.2) is 8.32 Å². The third-order valence-corrected chi connectivity index (χ3v) is 13.5. The highest BCUT2D eigenvalue weighted by Gasteiger charge is 2.45. The topological polar surface area (TPSA) is 141 Å². The van der Waals surface area contributed by atoms with Gasteiger partial charge in [-0.05, 0) is 58.6 Å². The van der Waals surface area contributed by atoms with Gasteiger partial charge < -0.3 is 24.4 Å². The fourth-order valence-corrected chi connectivity index (χ4v) is 6.84. The minimum atomic E-state index is -2.07. The summed E-state index contributed by atoms with van der Waals surface area (Å²) in [5.74, 6) is 0.555. The molecule has 1 unspecified atom stereocenters. The van der Waals surface area contributed by atoms with Gasteiger partial charge in [-0.1, -0.05) is 48.5 Å². The molecule has 4 atom stereocenters. The highest BCUT2D eigenvalue weighted by Crippen LogP contribution is 2.44. The molecule has 0 radical (unpaired) electrons. The molecule has 0 saturated carbocycles. The first kappa shape index (κ1) is 34.4. The normalized spacial score (nSPS) is 20.5. The molecule has 0 amide bonds.